The molecule has 0 spiro atoms. The van der Waals surface area contributed by atoms with Crippen LogP contribution in [0.3, 0.4) is 0 Å². The Balaban J connectivity index is 1.85. The number of hydrogen-bond donors (Lipinski definition) is 2. The summed E-state index contributed by atoms with van der Waals surface area (Å²) >= 11 is 4.41. The SMILES string of the molecule is C=CCNc1nnc(SCC(=O)Nc2ccccc2SC)s1. The van der Waals surface area contributed by atoms with Crippen molar-refractivity contribution < 1.29 is 4.79 Å². The van der Waals surface area contributed by atoms with Crippen molar-refractivity contribution in [1.29, 1.82) is 0 Å². The first-order valence-corrected chi connectivity index (χ1v) is 9.49. The van der Waals surface area contributed by atoms with Crippen LogP contribution >= 0.6 is 34.9 Å². The molecule has 1 aromatic heterocycles. The molecule has 0 aliphatic heterocycles. The maximum atomic E-state index is 12.0. The zero-order chi connectivity index (χ0) is 15.8. The second-order valence-electron chi connectivity index (χ2n) is 4.08. The van der Waals surface area contributed by atoms with Gasteiger partial charge in [-0.2, -0.15) is 0 Å². The van der Waals surface area contributed by atoms with Gasteiger partial charge in [-0.25, -0.2) is 0 Å². The lowest BCUT2D eigenvalue weighted by Gasteiger charge is -2.08. The van der Waals surface area contributed by atoms with Gasteiger partial charge in [0.1, 0.15) is 0 Å². The zero-order valence-corrected chi connectivity index (χ0v) is 14.5. The summed E-state index contributed by atoms with van der Waals surface area (Å²) in [6.45, 7) is 4.27. The molecular formula is C14H16N4OS3. The monoisotopic (exact) mass is 352 g/mol. The molecule has 22 heavy (non-hydrogen) atoms. The average Bonchev–Trinajstić information content (AvgIpc) is 2.99. The predicted octanol–water partition coefficient (Wildman–Crippen LogP) is 3.59. The highest BCUT2D eigenvalue weighted by Gasteiger charge is 2.09. The van der Waals surface area contributed by atoms with Crippen LogP contribution in [0.25, 0.3) is 0 Å². The normalized spacial score (nSPS) is 10.2. The van der Waals surface area contributed by atoms with E-state index in [9.17, 15) is 4.79 Å². The molecule has 0 aliphatic rings. The van der Waals surface area contributed by atoms with E-state index in [1.165, 1.54) is 23.1 Å². The number of carbonyl (C=O) groups is 1. The summed E-state index contributed by atoms with van der Waals surface area (Å²) in [5.74, 6) is 0.251. The number of rotatable bonds is 8. The van der Waals surface area contributed by atoms with E-state index in [0.717, 1.165) is 20.1 Å². The number of aromatic nitrogens is 2. The number of thioether (sulfide) groups is 2. The number of carbonyl (C=O) groups excluding carboxylic acids is 1. The summed E-state index contributed by atoms with van der Waals surface area (Å²) in [5, 5.41) is 14.7. The number of benzene rings is 1. The molecule has 0 atom stereocenters. The fourth-order valence-corrected chi connectivity index (χ4v) is 3.67. The van der Waals surface area contributed by atoms with Gasteiger partial charge < -0.3 is 10.6 Å². The quantitative estimate of drug-likeness (QED) is 0.559. The first-order chi connectivity index (χ1) is 10.7. The van der Waals surface area contributed by atoms with Gasteiger partial charge in [0.05, 0.1) is 11.4 Å². The van der Waals surface area contributed by atoms with Gasteiger partial charge in [0, 0.05) is 11.4 Å². The third-order valence-corrected chi connectivity index (χ3v) is 5.32. The molecule has 1 heterocycles. The molecule has 0 bridgehead atoms. The molecule has 116 valence electrons. The van der Waals surface area contributed by atoms with Crippen LogP contribution in [0, 0.1) is 0 Å². The van der Waals surface area contributed by atoms with E-state index in [0.29, 0.717) is 12.3 Å². The van der Waals surface area contributed by atoms with Crippen molar-refractivity contribution in [2.45, 2.75) is 9.24 Å². The van der Waals surface area contributed by atoms with Gasteiger partial charge in [-0.3, -0.25) is 4.79 Å². The minimum absolute atomic E-state index is 0.0534. The molecule has 0 unspecified atom stereocenters. The van der Waals surface area contributed by atoms with Gasteiger partial charge in [0.25, 0.3) is 0 Å². The summed E-state index contributed by atoms with van der Waals surface area (Å²) in [6, 6.07) is 7.74. The number of para-hydroxylation sites is 1. The van der Waals surface area contributed by atoms with Crippen LogP contribution in [0.1, 0.15) is 0 Å². The molecule has 2 aromatic rings. The fourth-order valence-electron chi connectivity index (χ4n) is 1.56. The minimum Gasteiger partial charge on any atom is -0.357 e. The van der Waals surface area contributed by atoms with Crippen molar-refractivity contribution in [3.8, 4) is 0 Å². The number of hydrogen-bond acceptors (Lipinski definition) is 7. The molecule has 0 fully saturated rings. The Bertz CT molecular complexity index is 645. The van der Waals surface area contributed by atoms with Gasteiger partial charge >= 0.3 is 0 Å². The third kappa shape index (κ3) is 5.04. The van der Waals surface area contributed by atoms with Crippen LogP contribution < -0.4 is 10.6 Å². The maximum Gasteiger partial charge on any atom is 0.234 e. The van der Waals surface area contributed by atoms with Crippen LogP contribution in [0.5, 0.6) is 0 Å². The topological polar surface area (TPSA) is 66.9 Å². The molecule has 1 amide bonds. The Morgan fingerprint density at radius 1 is 1.41 bits per heavy atom. The predicted molar refractivity (Wildman–Crippen MR) is 96.2 cm³/mol. The molecule has 0 saturated carbocycles. The van der Waals surface area contributed by atoms with E-state index in [1.54, 1.807) is 17.8 Å². The molecule has 0 saturated heterocycles. The summed E-state index contributed by atoms with van der Waals surface area (Å²) in [7, 11) is 0. The Kier molecular flexibility index (Phi) is 6.75. The number of anilines is 2. The number of nitrogens with one attached hydrogen (secondary N) is 2. The van der Waals surface area contributed by atoms with Crippen LogP contribution in [-0.4, -0.2) is 34.7 Å². The van der Waals surface area contributed by atoms with Crippen LogP contribution in [0.4, 0.5) is 10.8 Å². The highest BCUT2D eigenvalue weighted by atomic mass is 32.2. The summed E-state index contributed by atoms with van der Waals surface area (Å²) in [4.78, 5) is 13.1. The van der Waals surface area contributed by atoms with Gasteiger partial charge in [0.15, 0.2) is 4.34 Å². The fraction of sp³-hybridized carbons (Fsp3) is 0.214. The Morgan fingerprint density at radius 3 is 3.00 bits per heavy atom. The largest absolute Gasteiger partial charge is 0.357 e. The lowest BCUT2D eigenvalue weighted by atomic mass is 10.3. The van der Waals surface area contributed by atoms with E-state index in [4.69, 9.17) is 0 Å². The van der Waals surface area contributed by atoms with Crippen LogP contribution in [0.15, 0.2) is 46.2 Å². The zero-order valence-electron chi connectivity index (χ0n) is 12.0. The summed E-state index contributed by atoms with van der Waals surface area (Å²) in [5.41, 5.74) is 0.839. The lowest BCUT2D eigenvalue weighted by molar-refractivity contribution is -0.113. The van der Waals surface area contributed by atoms with Crippen molar-refractivity contribution in [2.75, 3.05) is 29.2 Å². The van der Waals surface area contributed by atoms with Crippen LogP contribution in [0.2, 0.25) is 0 Å². The second-order valence-corrected chi connectivity index (χ2v) is 7.13. The highest BCUT2D eigenvalue weighted by Crippen LogP contribution is 2.27. The number of amides is 1. The van der Waals surface area contributed by atoms with Gasteiger partial charge in [-0.1, -0.05) is 41.3 Å². The summed E-state index contributed by atoms with van der Waals surface area (Å²) in [6.07, 6.45) is 3.74. The van der Waals surface area contributed by atoms with Crippen molar-refractivity contribution in [2.24, 2.45) is 0 Å². The van der Waals surface area contributed by atoms with Crippen molar-refractivity contribution in [3.05, 3.63) is 36.9 Å². The lowest BCUT2D eigenvalue weighted by Crippen LogP contribution is -2.14. The van der Waals surface area contributed by atoms with E-state index in [1.807, 2.05) is 30.5 Å². The van der Waals surface area contributed by atoms with E-state index in [-0.39, 0.29) is 5.91 Å². The van der Waals surface area contributed by atoms with Crippen LogP contribution in [-0.2, 0) is 4.79 Å². The Hall–Kier alpha value is -1.51. The molecule has 1 aromatic carbocycles. The third-order valence-electron chi connectivity index (χ3n) is 2.51. The molecule has 0 aliphatic carbocycles. The van der Waals surface area contributed by atoms with Gasteiger partial charge in [-0.05, 0) is 18.4 Å². The standard InChI is InChI=1S/C14H16N4OS3/c1-3-8-15-13-17-18-14(22-13)21-9-12(19)16-10-6-4-5-7-11(10)20-2/h3-7H,1,8-9H2,2H3,(H,15,17)(H,16,19). The summed E-state index contributed by atoms with van der Waals surface area (Å²) < 4.78 is 0.764. The Morgan fingerprint density at radius 2 is 2.23 bits per heavy atom. The average molecular weight is 353 g/mol. The van der Waals surface area contributed by atoms with Gasteiger partial charge in [-0.15, -0.1) is 28.5 Å². The Labute approximate surface area is 142 Å². The highest BCUT2D eigenvalue weighted by molar-refractivity contribution is 8.01. The first kappa shape index (κ1) is 16.9. The smallest absolute Gasteiger partial charge is 0.234 e. The molecule has 8 heteroatoms. The molecule has 2 rings (SSSR count). The van der Waals surface area contributed by atoms with E-state index >= 15 is 0 Å². The van der Waals surface area contributed by atoms with Crippen molar-refractivity contribution >= 4 is 51.6 Å². The minimum atomic E-state index is -0.0534. The van der Waals surface area contributed by atoms with E-state index < -0.39 is 0 Å². The first-order valence-electron chi connectivity index (χ1n) is 6.47. The molecule has 5 nitrogen and oxygen atoms in total. The van der Waals surface area contributed by atoms with E-state index in [2.05, 4.69) is 27.4 Å². The molecule has 0 radical (unpaired) electrons. The van der Waals surface area contributed by atoms with Crippen molar-refractivity contribution in [1.82, 2.24) is 10.2 Å². The maximum absolute atomic E-state index is 12.0. The molecule has 2 N–H and O–H groups in total. The molecular weight excluding hydrogens is 336 g/mol. The van der Waals surface area contributed by atoms with Crippen molar-refractivity contribution in [3.63, 3.8) is 0 Å². The second kappa shape index (κ2) is 8.82. The van der Waals surface area contributed by atoms with Gasteiger partial charge in [0.2, 0.25) is 11.0 Å². The number of nitrogens with zero attached hydrogens (tertiary/aromatic N) is 2.